The second kappa shape index (κ2) is 9.33. The number of halogens is 2. The molecule has 176 valence electrons. The van der Waals surface area contributed by atoms with Crippen LogP contribution in [0.3, 0.4) is 0 Å². The Hall–Kier alpha value is -3.61. The molecule has 2 aromatic heterocycles. The molecule has 0 aliphatic heterocycles. The minimum atomic E-state index is -4.13. The molecule has 4 rings (SSSR count). The van der Waals surface area contributed by atoms with E-state index in [0.29, 0.717) is 5.69 Å². The average molecular weight is 522 g/mol. The number of nitrogens with zero attached hydrogens (tertiary/aromatic N) is 1. The van der Waals surface area contributed by atoms with Crippen molar-refractivity contribution in [2.75, 3.05) is 17.7 Å². The van der Waals surface area contributed by atoms with Gasteiger partial charge in [0.25, 0.3) is 15.6 Å². The van der Waals surface area contributed by atoms with Crippen molar-refractivity contribution in [1.82, 2.24) is 14.5 Å². The third-order valence-electron chi connectivity index (χ3n) is 4.67. The Morgan fingerprint density at radius 1 is 1.09 bits per heavy atom. The van der Waals surface area contributed by atoms with Crippen LogP contribution in [0.25, 0.3) is 16.9 Å². The first-order valence-corrected chi connectivity index (χ1v) is 12.3. The Kier molecular flexibility index (Phi) is 6.46. The fraction of sp³-hybridized carbons (Fsp3) is 0.0476. The molecule has 9 nitrogen and oxygen atoms in total. The molecule has 4 aromatic rings. The maximum absolute atomic E-state index is 14.8. The van der Waals surface area contributed by atoms with Crippen LogP contribution in [0.1, 0.15) is 0 Å². The molecule has 4 N–H and O–H groups in total. The number of sulfonamides is 1. The van der Waals surface area contributed by atoms with Crippen molar-refractivity contribution < 1.29 is 17.6 Å². The summed E-state index contributed by atoms with van der Waals surface area (Å²) in [6.07, 6.45) is 0. The third-order valence-corrected chi connectivity index (χ3v) is 7.72. The Morgan fingerprint density at radius 2 is 1.88 bits per heavy atom. The number of aromatic amines is 1. The van der Waals surface area contributed by atoms with Crippen LogP contribution in [0, 0.1) is 5.82 Å². The number of amides is 2. The van der Waals surface area contributed by atoms with E-state index in [1.54, 1.807) is 13.1 Å². The van der Waals surface area contributed by atoms with Crippen molar-refractivity contribution in [3.8, 4) is 16.9 Å². The van der Waals surface area contributed by atoms with Crippen molar-refractivity contribution in [3.05, 3.63) is 81.2 Å². The zero-order valence-electron chi connectivity index (χ0n) is 17.4. The maximum atomic E-state index is 14.8. The predicted molar refractivity (Wildman–Crippen MR) is 130 cm³/mol. The zero-order chi connectivity index (χ0) is 24.5. The van der Waals surface area contributed by atoms with Gasteiger partial charge < -0.3 is 10.6 Å². The van der Waals surface area contributed by atoms with Crippen LogP contribution in [0.4, 0.5) is 20.6 Å². The van der Waals surface area contributed by atoms with Crippen LogP contribution in [0.15, 0.2) is 69.7 Å². The lowest BCUT2D eigenvalue weighted by Gasteiger charge is -2.10. The number of urea groups is 1. The predicted octanol–water partition coefficient (Wildman–Crippen LogP) is 4.24. The highest BCUT2D eigenvalue weighted by Gasteiger charge is 2.20. The molecule has 0 bridgehead atoms. The molecular formula is C21H17ClFN5O4S2. The van der Waals surface area contributed by atoms with Gasteiger partial charge in [0.1, 0.15) is 9.90 Å². The minimum absolute atomic E-state index is 0.0142. The molecule has 0 atom stereocenters. The van der Waals surface area contributed by atoms with Crippen LogP contribution < -0.4 is 20.9 Å². The lowest BCUT2D eigenvalue weighted by atomic mass is 10.1. The zero-order valence-corrected chi connectivity index (χ0v) is 19.8. The van der Waals surface area contributed by atoms with Gasteiger partial charge >= 0.3 is 6.03 Å². The van der Waals surface area contributed by atoms with E-state index in [9.17, 15) is 22.4 Å². The molecule has 34 heavy (non-hydrogen) atoms. The van der Waals surface area contributed by atoms with Gasteiger partial charge in [0.15, 0.2) is 5.82 Å². The number of hydrogen-bond donors (Lipinski definition) is 4. The largest absolute Gasteiger partial charge is 0.388 e. The molecule has 0 aliphatic carbocycles. The van der Waals surface area contributed by atoms with E-state index in [0.717, 1.165) is 33.3 Å². The number of aromatic nitrogens is 2. The van der Waals surface area contributed by atoms with Crippen molar-refractivity contribution in [2.24, 2.45) is 0 Å². The normalized spacial score (nSPS) is 11.3. The number of rotatable bonds is 6. The van der Waals surface area contributed by atoms with Crippen molar-refractivity contribution >= 4 is 50.4 Å². The van der Waals surface area contributed by atoms with Gasteiger partial charge in [0, 0.05) is 30.1 Å². The number of carbonyl (C=O) groups excluding carboxylic acids is 1. The monoisotopic (exact) mass is 521 g/mol. The minimum Gasteiger partial charge on any atom is -0.388 e. The number of nitrogens with one attached hydrogen (secondary N) is 4. The van der Waals surface area contributed by atoms with Gasteiger partial charge in [-0.1, -0.05) is 23.7 Å². The number of hydrogen-bond acceptors (Lipinski definition) is 6. The van der Waals surface area contributed by atoms with E-state index in [-0.39, 0.29) is 19.9 Å². The van der Waals surface area contributed by atoms with E-state index >= 15 is 0 Å². The molecule has 0 saturated heterocycles. The quantitative estimate of drug-likeness (QED) is 0.302. The highest BCUT2D eigenvalue weighted by Crippen LogP contribution is 2.26. The average Bonchev–Trinajstić information content (AvgIpc) is 3.40. The van der Waals surface area contributed by atoms with E-state index in [1.165, 1.54) is 30.3 Å². The molecule has 13 heteroatoms. The Labute approximate surface area is 202 Å². The molecule has 0 saturated carbocycles. The molecule has 2 aromatic carbocycles. The van der Waals surface area contributed by atoms with E-state index in [2.05, 4.69) is 15.7 Å². The Bertz CT molecular complexity index is 1540. The molecule has 0 fully saturated rings. The SMILES string of the molecule is CNc1cccc(-c2cc(=O)n(-c3ccc(NC(=O)NS(=O)(=O)c4ccc(Cl)s4)cc3F)[nH]2)c1. The summed E-state index contributed by atoms with van der Waals surface area (Å²) in [5.41, 5.74) is 1.49. The lowest BCUT2D eigenvalue weighted by molar-refractivity contribution is 0.256. The summed E-state index contributed by atoms with van der Waals surface area (Å²) in [4.78, 5) is 24.6. The van der Waals surface area contributed by atoms with E-state index in [1.807, 2.05) is 22.9 Å². The summed E-state index contributed by atoms with van der Waals surface area (Å²) < 4.78 is 42.2. The highest BCUT2D eigenvalue weighted by atomic mass is 35.5. The summed E-state index contributed by atoms with van der Waals surface area (Å²) in [5, 5.41) is 8.12. The number of anilines is 2. The number of thiophene rings is 1. The first kappa shape index (κ1) is 23.5. The summed E-state index contributed by atoms with van der Waals surface area (Å²) in [7, 11) is -2.36. The van der Waals surface area contributed by atoms with Crippen molar-refractivity contribution in [3.63, 3.8) is 0 Å². The fourth-order valence-electron chi connectivity index (χ4n) is 3.10. The molecule has 0 spiro atoms. The van der Waals surface area contributed by atoms with Gasteiger partial charge in [-0.05, 0) is 42.5 Å². The molecule has 2 heterocycles. The Balaban J connectivity index is 1.53. The summed E-state index contributed by atoms with van der Waals surface area (Å²) in [6.45, 7) is 0. The van der Waals surface area contributed by atoms with Crippen LogP contribution in [-0.2, 0) is 10.0 Å². The first-order valence-electron chi connectivity index (χ1n) is 9.65. The summed E-state index contributed by atoms with van der Waals surface area (Å²) in [6, 6.07) is 13.8. The second-order valence-electron chi connectivity index (χ2n) is 6.96. The standard InChI is InChI=1S/C21H17ClFN5O4S2/c1-24-13-4-2-3-12(9-13)16-11-19(29)28(26-16)17-6-5-14(10-15(17)23)25-21(30)27-34(31,32)20-8-7-18(22)33-20/h2-11,24,26H,1H3,(H2,25,27,30). The smallest absolute Gasteiger partial charge is 0.333 e. The van der Waals surface area contributed by atoms with Gasteiger partial charge in [-0.15, -0.1) is 11.3 Å². The molecule has 0 aliphatic rings. The molecule has 2 amide bonds. The van der Waals surface area contributed by atoms with Gasteiger partial charge in [-0.3, -0.25) is 9.89 Å². The van der Waals surface area contributed by atoms with Gasteiger partial charge in [-0.2, -0.15) is 0 Å². The van der Waals surface area contributed by atoms with E-state index < -0.39 is 27.4 Å². The van der Waals surface area contributed by atoms with Crippen LogP contribution in [0.2, 0.25) is 4.34 Å². The fourth-order valence-corrected chi connectivity index (χ4v) is 5.49. The third kappa shape index (κ3) is 4.98. The number of H-pyrrole nitrogens is 1. The molecule has 0 unspecified atom stereocenters. The summed E-state index contributed by atoms with van der Waals surface area (Å²) in [5.74, 6) is -0.815. The van der Waals surface area contributed by atoms with Crippen LogP contribution >= 0.6 is 22.9 Å². The van der Waals surface area contributed by atoms with Crippen molar-refractivity contribution in [2.45, 2.75) is 4.21 Å². The lowest BCUT2D eigenvalue weighted by Crippen LogP contribution is -2.34. The van der Waals surface area contributed by atoms with Crippen molar-refractivity contribution in [1.29, 1.82) is 0 Å². The van der Waals surface area contributed by atoms with Crippen LogP contribution in [0.5, 0.6) is 0 Å². The number of benzene rings is 2. The number of carbonyl (C=O) groups is 1. The van der Waals surface area contributed by atoms with E-state index in [4.69, 9.17) is 11.6 Å². The van der Waals surface area contributed by atoms with Gasteiger partial charge in [-0.25, -0.2) is 27.0 Å². The summed E-state index contributed by atoms with van der Waals surface area (Å²) >= 11 is 6.52. The first-order chi connectivity index (χ1) is 16.2. The highest BCUT2D eigenvalue weighted by molar-refractivity contribution is 7.92. The molecule has 0 radical (unpaired) electrons. The van der Waals surface area contributed by atoms with Gasteiger partial charge in [0.2, 0.25) is 0 Å². The van der Waals surface area contributed by atoms with Crippen LogP contribution in [-0.4, -0.2) is 31.3 Å². The maximum Gasteiger partial charge on any atom is 0.333 e. The second-order valence-corrected chi connectivity index (χ2v) is 10.6. The topological polar surface area (TPSA) is 125 Å². The van der Waals surface area contributed by atoms with Gasteiger partial charge in [0.05, 0.1) is 10.0 Å². The Morgan fingerprint density at radius 3 is 2.56 bits per heavy atom. The molecular weight excluding hydrogens is 505 g/mol.